The number of benzene rings is 4. The van der Waals surface area contributed by atoms with E-state index in [9.17, 15) is 9.90 Å². The maximum absolute atomic E-state index is 11.7. The number of aromatic carboxylic acids is 1. The van der Waals surface area contributed by atoms with Gasteiger partial charge in [-0.05, 0) is 72.3 Å². The molecule has 5 heteroatoms. The number of aryl methyl sites for hydroxylation is 2. The van der Waals surface area contributed by atoms with Crippen LogP contribution in [0, 0.1) is 13.8 Å². The molecule has 0 fully saturated rings. The largest absolute Gasteiger partial charge is 0.496 e. The van der Waals surface area contributed by atoms with Crippen LogP contribution >= 0.6 is 0 Å². The molecule has 0 aliphatic rings. The van der Waals surface area contributed by atoms with E-state index in [0.29, 0.717) is 18.1 Å². The summed E-state index contributed by atoms with van der Waals surface area (Å²) < 4.78 is 17.5. The van der Waals surface area contributed by atoms with Crippen LogP contribution in [0.15, 0.2) is 72.8 Å². The highest BCUT2D eigenvalue weighted by Gasteiger charge is 2.13. The maximum atomic E-state index is 11.7. The van der Waals surface area contributed by atoms with Crippen molar-refractivity contribution in [1.82, 2.24) is 0 Å². The third-order valence-electron chi connectivity index (χ3n) is 5.74. The molecule has 0 heterocycles. The molecule has 4 aromatic rings. The average Bonchev–Trinajstić information content (AvgIpc) is 2.82. The first-order valence-corrected chi connectivity index (χ1v) is 10.7. The van der Waals surface area contributed by atoms with Gasteiger partial charge in [-0.3, -0.25) is 0 Å². The fourth-order valence-electron chi connectivity index (χ4n) is 3.86. The molecule has 5 nitrogen and oxygen atoms in total. The average molecular weight is 443 g/mol. The van der Waals surface area contributed by atoms with Crippen molar-refractivity contribution < 1.29 is 24.1 Å². The fraction of sp³-hybridized carbons (Fsp3) is 0.179. The van der Waals surface area contributed by atoms with Crippen LogP contribution in [-0.4, -0.2) is 18.2 Å². The second-order valence-electron chi connectivity index (χ2n) is 7.92. The van der Waals surface area contributed by atoms with Gasteiger partial charge in [0.2, 0.25) is 0 Å². The number of fused-ring (bicyclic) bond motifs is 1. The highest BCUT2D eigenvalue weighted by Crippen LogP contribution is 2.32. The van der Waals surface area contributed by atoms with Gasteiger partial charge in [-0.1, -0.05) is 36.4 Å². The van der Waals surface area contributed by atoms with Crippen LogP contribution < -0.4 is 14.2 Å². The van der Waals surface area contributed by atoms with Crippen LogP contribution in [0.2, 0.25) is 0 Å². The molecule has 0 aromatic heterocycles. The maximum Gasteiger partial charge on any atom is 0.335 e. The van der Waals surface area contributed by atoms with Gasteiger partial charge in [0.1, 0.15) is 30.5 Å². The number of carboxylic acids is 1. The Bertz CT molecular complexity index is 1290. The molecule has 0 aliphatic heterocycles. The van der Waals surface area contributed by atoms with E-state index in [-0.39, 0.29) is 12.2 Å². The van der Waals surface area contributed by atoms with Crippen LogP contribution in [0.25, 0.3) is 10.8 Å². The van der Waals surface area contributed by atoms with E-state index in [2.05, 4.69) is 26.0 Å². The number of hydrogen-bond donors (Lipinski definition) is 1. The molecule has 0 spiro atoms. The summed E-state index contributed by atoms with van der Waals surface area (Å²) in [6, 6.07) is 22.6. The van der Waals surface area contributed by atoms with Gasteiger partial charge in [-0.2, -0.15) is 0 Å². The highest BCUT2D eigenvalue weighted by molar-refractivity contribution is 5.98. The van der Waals surface area contributed by atoms with E-state index >= 15 is 0 Å². The summed E-state index contributed by atoms with van der Waals surface area (Å²) in [5, 5.41) is 11.2. The first kappa shape index (κ1) is 22.2. The molecule has 0 aliphatic carbocycles. The Balaban J connectivity index is 1.63. The van der Waals surface area contributed by atoms with Gasteiger partial charge in [-0.25, -0.2) is 4.79 Å². The Morgan fingerprint density at radius 2 is 1.58 bits per heavy atom. The minimum atomic E-state index is -1.01. The Kier molecular flexibility index (Phi) is 6.50. The van der Waals surface area contributed by atoms with Gasteiger partial charge >= 0.3 is 5.97 Å². The third kappa shape index (κ3) is 4.93. The molecule has 4 aromatic carbocycles. The molecule has 0 bridgehead atoms. The summed E-state index contributed by atoms with van der Waals surface area (Å²) in [4.78, 5) is 11.7. The van der Waals surface area contributed by atoms with Crippen molar-refractivity contribution >= 4 is 16.7 Å². The topological polar surface area (TPSA) is 65.0 Å². The molecule has 0 unspecified atom stereocenters. The summed E-state index contributed by atoms with van der Waals surface area (Å²) in [6.45, 7) is 4.83. The van der Waals surface area contributed by atoms with E-state index in [1.165, 1.54) is 11.1 Å². The number of hydrogen-bond acceptors (Lipinski definition) is 4. The fourth-order valence-corrected chi connectivity index (χ4v) is 3.86. The van der Waals surface area contributed by atoms with E-state index in [4.69, 9.17) is 14.2 Å². The Morgan fingerprint density at radius 3 is 2.30 bits per heavy atom. The van der Waals surface area contributed by atoms with Crippen molar-refractivity contribution in [3.05, 3.63) is 101 Å². The number of para-hydroxylation sites is 1. The Labute approximate surface area is 193 Å². The summed E-state index contributed by atoms with van der Waals surface area (Å²) in [7, 11) is 1.61. The lowest BCUT2D eigenvalue weighted by molar-refractivity contribution is 0.0696. The normalized spacial score (nSPS) is 10.8. The van der Waals surface area contributed by atoms with Crippen LogP contribution in [0.4, 0.5) is 0 Å². The molecule has 168 valence electrons. The molecule has 0 radical (unpaired) electrons. The number of carboxylic acid groups (broad SMARTS) is 1. The van der Waals surface area contributed by atoms with Gasteiger partial charge in [0.15, 0.2) is 0 Å². The minimum absolute atomic E-state index is 0.157. The number of carbonyl (C=O) groups is 1. The van der Waals surface area contributed by atoms with Crippen LogP contribution in [0.5, 0.6) is 17.2 Å². The monoisotopic (exact) mass is 442 g/mol. The molecule has 0 saturated heterocycles. The second kappa shape index (κ2) is 9.65. The van der Waals surface area contributed by atoms with Crippen molar-refractivity contribution in [1.29, 1.82) is 0 Å². The lowest BCUT2D eigenvalue weighted by Crippen LogP contribution is -2.02. The van der Waals surface area contributed by atoms with Crippen LogP contribution in [-0.2, 0) is 13.2 Å². The number of ether oxygens (including phenoxy) is 3. The molecular formula is C28H26O5. The Morgan fingerprint density at radius 1 is 0.818 bits per heavy atom. The van der Waals surface area contributed by atoms with Crippen molar-refractivity contribution in [2.45, 2.75) is 27.1 Å². The molecule has 0 amide bonds. The third-order valence-corrected chi connectivity index (χ3v) is 5.74. The van der Waals surface area contributed by atoms with Gasteiger partial charge in [0.25, 0.3) is 0 Å². The smallest absolute Gasteiger partial charge is 0.335 e. The highest BCUT2D eigenvalue weighted by atomic mass is 16.5. The number of rotatable bonds is 8. The summed E-state index contributed by atoms with van der Waals surface area (Å²) in [5.74, 6) is 0.875. The van der Waals surface area contributed by atoms with E-state index in [1.54, 1.807) is 19.2 Å². The first-order chi connectivity index (χ1) is 16.0. The molecule has 0 atom stereocenters. The quantitative estimate of drug-likeness (QED) is 0.346. The summed E-state index contributed by atoms with van der Waals surface area (Å²) in [5.41, 5.74) is 4.54. The van der Waals surface area contributed by atoms with Gasteiger partial charge < -0.3 is 19.3 Å². The first-order valence-electron chi connectivity index (χ1n) is 10.7. The Hall–Kier alpha value is -3.99. The lowest BCUT2D eigenvalue weighted by Gasteiger charge is -2.15. The van der Waals surface area contributed by atoms with Crippen LogP contribution in [0.1, 0.15) is 32.6 Å². The second-order valence-corrected chi connectivity index (χ2v) is 7.92. The molecule has 33 heavy (non-hydrogen) atoms. The van der Waals surface area contributed by atoms with Gasteiger partial charge in [0, 0.05) is 10.9 Å². The standard InChI is InChI=1S/C28H26O5/c1-18-7-6-8-19(2)25(18)17-32-23-11-12-24-21(14-23)13-22(28(29)30)15-27(24)33-16-20-9-4-5-10-26(20)31-3/h4-15H,16-17H2,1-3H3,(H,29,30). The zero-order valence-electron chi connectivity index (χ0n) is 18.9. The van der Waals surface area contributed by atoms with E-state index < -0.39 is 5.97 Å². The zero-order valence-corrected chi connectivity index (χ0v) is 18.9. The lowest BCUT2D eigenvalue weighted by atomic mass is 10.0. The van der Waals surface area contributed by atoms with Crippen LogP contribution in [0.3, 0.4) is 0 Å². The SMILES string of the molecule is COc1ccccc1COc1cc(C(=O)O)cc2cc(OCc3c(C)cccc3C)ccc12. The predicted octanol–water partition coefficient (Wildman–Crippen LogP) is 6.32. The molecule has 0 saturated carbocycles. The molecule has 1 N–H and O–H groups in total. The van der Waals surface area contributed by atoms with E-state index in [0.717, 1.165) is 27.6 Å². The van der Waals surface area contributed by atoms with Crippen molar-refractivity contribution in [3.63, 3.8) is 0 Å². The zero-order chi connectivity index (χ0) is 23.4. The van der Waals surface area contributed by atoms with Gasteiger partial charge in [-0.15, -0.1) is 0 Å². The summed E-state index contributed by atoms with van der Waals surface area (Å²) >= 11 is 0. The molecular weight excluding hydrogens is 416 g/mol. The van der Waals surface area contributed by atoms with Crippen molar-refractivity contribution in [3.8, 4) is 17.2 Å². The predicted molar refractivity (Wildman–Crippen MR) is 128 cm³/mol. The van der Waals surface area contributed by atoms with E-state index in [1.807, 2.05) is 48.5 Å². The summed E-state index contributed by atoms with van der Waals surface area (Å²) in [6.07, 6.45) is 0. The van der Waals surface area contributed by atoms with Crippen molar-refractivity contribution in [2.75, 3.05) is 7.11 Å². The van der Waals surface area contributed by atoms with Crippen molar-refractivity contribution in [2.24, 2.45) is 0 Å². The minimum Gasteiger partial charge on any atom is -0.496 e. The van der Waals surface area contributed by atoms with Gasteiger partial charge in [0.05, 0.1) is 12.7 Å². The molecule has 4 rings (SSSR count). The number of methoxy groups -OCH3 is 1.